The van der Waals surface area contributed by atoms with Crippen LogP contribution in [0.5, 0.6) is 5.75 Å². The lowest BCUT2D eigenvalue weighted by Crippen LogP contribution is -1.97. The van der Waals surface area contributed by atoms with Crippen LogP contribution < -0.4 is 4.74 Å². The zero-order chi connectivity index (χ0) is 13.9. The molecule has 0 spiro atoms. The molecule has 1 rings (SSSR count). The molecule has 0 heterocycles. The standard InChI is InChI=1S/C16H22O3/c1-3-4-5-11-19-13-14-8-9-16(18-2)15(12-14)7-6-10-17/h8-9,12,17H,3-5,10-11,13H2,1-2H3. The first-order valence-corrected chi connectivity index (χ1v) is 6.66. The highest BCUT2D eigenvalue weighted by molar-refractivity contribution is 5.48. The fourth-order valence-electron chi connectivity index (χ4n) is 1.72. The summed E-state index contributed by atoms with van der Waals surface area (Å²) in [5, 5.41) is 8.75. The topological polar surface area (TPSA) is 38.7 Å². The van der Waals surface area contributed by atoms with Crippen molar-refractivity contribution in [2.75, 3.05) is 20.3 Å². The smallest absolute Gasteiger partial charge is 0.134 e. The lowest BCUT2D eigenvalue weighted by atomic mass is 10.1. The van der Waals surface area contributed by atoms with E-state index in [9.17, 15) is 0 Å². The summed E-state index contributed by atoms with van der Waals surface area (Å²) < 4.78 is 10.8. The van der Waals surface area contributed by atoms with Crippen LogP contribution in [0, 0.1) is 11.8 Å². The number of rotatable bonds is 7. The van der Waals surface area contributed by atoms with Gasteiger partial charge in [0.05, 0.1) is 19.3 Å². The van der Waals surface area contributed by atoms with Crippen molar-refractivity contribution in [3.8, 4) is 17.6 Å². The van der Waals surface area contributed by atoms with Crippen LogP contribution in [0.25, 0.3) is 0 Å². The highest BCUT2D eigenvalue weighted by Gasteiger charge is 2.02. The van der Waals surface area contributed by atoms with Crippen molar-refractivity contribution in [3.05, 3.63) is 29.3 Å². The largest absolute Gasteiger partial charge is 0.495 e. The maximum atomic E-state index is 8.75. The highest BCUT2D eigenvalue weighted by atomic mass is 16.5. The molecule has 0 aromatic heterocycles. The maximum Gasteiger partial charge on any atom is 0.134 e. The molecule has 19 heavy (non-hydrogen) atoms. The second-order valence-corrected chi connectivity index (χ2v) is 4.25. The van der Waals surface area contributed by atoms with Gasteiger partial charge in [-0.1, -0.05) is 37.7 Å². The van der Waals surface area contributed by atoms with Crippen LogP contribution in [-0.4, -0.2) is 25.4 Å². The fraction of sp³-hybridized carbons (Fsp3) is 0.500. The van der Waals surface area contributed by atoms with Crippen molar-refractivity contribution in [3.63, 3.8) is 0 Å². The van der Waals surface area contributed by atoms with E-state index >= 15 is 0 Å². The number of benzene rings is 1. The Labute approximate surface area is 115 Å². The number of methoxy groups -OCH3 is 1. The average molecular weight is 262 g/mol. The molecule has 3 heteroatoms. The van der Waals surface area contributed by atoms with Gasteiger partial charge in [0.25, 0.3) is 0 Å². The quantitative estimate of drug-likeness (QED) is 0.606. The molecular formula is C16H22O3. The third kappa shape index (κ3) is 5.78. The first-order valence-electron chi connectivity index (χ1n) is 6.66. The monoisotopic (exact) mass is 262 g/mol. The predicted octanol–water partition coefficient (Wildman–Crippen LogP) is 2.75. The summed E-state index contributed by atoms with van der Waals surface area (Å²) in [4.78, 5) is 0. The molecule has 104 valence electrons. The number of hydrogen-bond acceptors (Lipinski definition) is 3. The predicted molar refractivity (Wildman–Crippen MR) is 76.1 cm³/mol. The maximum absolute atomic E-state index is 8.75. The van der Waals surface area contributed by atoms with Gasteiger partial charge in [-0.25, -0.2) is 0 Å². The molecule has 0 atom stereocenters. The number of aliphatic hydroxyl groups is 1. The van der Waals surface area contributed by atoms with Gasteiger partial charge < -0.3 is 14.6 Å². The Bertz CT molecular complexity index is 429. The van der Waals surface area contributed by atoms with Gasteiger partial charge in [0, 0.05) is 6.61 Å². The summed E-state index contributed by atoms with van der Waals surface area (Å²) in [6.07, 6.45) is 3.51. The van der Waals surface area contributed by atoms with E-state index in [0.29, 0.717) is 6.61 Å². The first-order chi connectivity index (χ1) is 9.31. The molecule has 0 aliphatic rings. The van der Waals surface area contributed by atoms with Crippen molar-refractivity contribution < 1.29 is 14.6 Å². The van der Waals surface area contributed by atoms with E-state index in [-0.39, 0.29) is 6.61 Å². The highest BCUT2D eigenvalue weighted by Crippen LogP contribution is 2.19. The number of unbranched alkanes of at least 4 members (excludes halogenated alkanes) is 2. The molecule has 0 aliphatic carbocycles. The van der Waals surface area contributed by atoms with Crippen molar-refractivity contribution in [1.29, 1.82) is 0 Å². The molecule has 0 saturated carbocycles. The van der Waals surface area contributed by atoms with Crippen molar-refractivity contribution in [2.45, 2.75) is 32.8 Å². The lowest BCUT2D eigenvalue weighted by Gasteiger charge is -2.07. The minimum absolute atomic E-state index is 0.152. The molecule has 0 bridgehead atoms. The van der Waals surface area contributed by atoms with Crippen LogP contribution in [0.4, 0.5) is 0 Å². The fourth-order valence-corrected chi connectivity index (χ4v) is 1.72. The van der Waals surface area contributed by atoms with E-state index in [2.05, 4.69) is 18.8 Å². The molecule has 0 saturated heterocycles. The van der Waals surface area contributed by atoms with Crippen molar-refractivity contribution >= 4 is 0 Å². The summed E-state index contributed by atoms with van der Waals surface area (Å²) >= 11 is 0. The van der Waals surface area contributed by atoms with Gasteiger partial charge >= 0.3 is 0 Å². The number of aliphatic hydroxyl groups excluding tert-OH is 1. The van der Waals surface area contributed by atoms with Gasteiger partial charge in [-0.3, -0.25) is 0 Å². The molecule has 1 aromatic carbocycles. The molecule has 0 unspecified atom stereocenters. The van der Waals surface area contributed by atoms with Crippen LogP contribution in [0.15, 0.2) is 18.2 Å². The van der Waals surface area contributed by atoms with E-state index in [1.54, 1.807) is 7.11 Å². The summed E-state index contributed by atoms with van der Waals surface area (Å²) in [7, 11) is 1.61. The van der Waals surface area contributed by atoms with Crippen molar-refractivity contribution in [1.82, 2.24) is 0 Å². The Morgan fingerprint density at radius 3 is 2.79 bits per heavy atom. The molecular weight excluding hydrogens is 240 g/mol. The minimum Gasteiger partial charge on any atom is -0.495 e. The van der Waals surface area contributed by atoms with E-state index < -0.39 is 0 Å². The number of ether oxygens (including phenoxy) is 2. The van der Waals surface area contributed by atoms with Crippen molar-refractivity contribution in [2.24, 2.45) is 0 Å². The van der Waals surface area contributed by atoms with Gasteiger partial charge in [-0.15, -0.1) is 0 Å². The van der Waals surface area contributed by atoms with E-state index in [1.165, 1.54) is 12.8 Å². The van der Waals surface area contributed by atoms with E-state index in [4.69, 9.17) is 14.6 Å². The van der Waals surface area contributed by atoms with Crippen LogP contribution in [0.2, 0.25) is 0 Å². The van der Waals surface area contributed by atoms with Gasteiger partial charge in [0.2, 0.25) is 0 Å². The third-order valence-electron chi connectivity index (χ3n) is 2.73. The lowest BCUT2D eigenvalue weighted by molar-refractivity contribution is 0.117. The van der Waals surface area contributed by atoms with Crippen LogP contribution in [0.1, 0.15) is 37.3 Å². The van der Waals surface area contributed by atoms with Crippen LogP contribution >= 0.6 is 0 Å². The van der Waals surface area contributed by atoms with Gasteiger partial charge in [0.15, 0.2) is 0 Å². The molecule has 1 aromatic rings. The van der Waals surface area contributed by atoms with Gasteiger partial charge in [-0.05, 0) is 24.1 Å². The Morgan fingerprint density at radius 2 is 2.11 bits per heavy atom. The second-order valence-electron chi connectivity index (χ2n) is 4.25. The first kappa shape index (κ1) is 15.6. The second kappa shape index (κ2) is 9.43. The summed E-state index contributed by atoms with van der Waals surface area (Å²) in [6, 6.07) is 5.80. The van der Waals surface area contributed by atoms with E-state index in [0.717, 1.165) is 29.9 Å². The van der Waals surface area contributed by atoms with Gasteiger partial charge in [0.1, 0.15) is 12.4 Å². The zero-order valence-electron chi connectivity index (χ0n) is 11.7. The normalized spacial score (nSPS) is 9.84. The Balaban J connectivity index is 2.59. The third-order valence-corrected chi connectivity index (χ3v) is 2.73. The Hall–Kier alpha value is -1.50. The molecule has 3 nitrogen and oxygen atoms in total. The summed E-state index contributed by atoms with van der Waals surface area (Å²) in [5.41, 5.74) is 1.85. The summed E-state index contributed by atoms with van der Waals surface area (Å²) in [6.45, 7) is 3.40. The molecule has 0 radical (unpaired) electrons. The Morgan fingerprint density at radius 1 is 1.26 bits per heavy atom. The molecule has 0 aliphatic heterocycles. The number of hydrogen-bond donors (Lipinski definition) is 1. The summed E-state index contributed by atoms with van der Waals surface area (Å²) in [5.74, 6) is 6.24. The van der Waals surface area contributed by atoms with Crippen LogP contribution in [-0.2, 0) is 11.3 Å². The van der Waals surface area contributed by atoms with Crippen LogP contribution in [0.3, 0.4) is 0 Å². The molecule has 1 N–H and O–H groups in total. The molecule has 0 amide bonds. The minimum atomic E-state index is -0.152. The van der Waals surface area contributed by atoms with Gasteiger partial charge in [-0.2, -0.15) is 0 Å². The molecule has 0 fully saturated rings. The zero-order valence-corrected chi connectivity index (χ0v) is 11.7. The SMILES string of the molecule is CCCCCOCc1ccc(OC)c(C#CCO)c1. The Kier molecular flexibility index (Phi) is 7.72. The average Bonchev–Trinajstić information content (AvgIpc) is 2.45. The van der Waals surface area contributed by atoms with E-state index in [1.807, 2.05) is 18.2 Å².